The van der Waals surface area contributed by atoms with Gasteiger partial charge < -0.3 is 14.8 Å². The normalized spacial score (nSPS) is 15.6. The minimum absolute atomic E-state index is 0.00116. The molecule has 0 radical (unpaired) electrons. The first kappa shape index (κ1) is 15.7. The van der Waals surface area contributed by atoms with Gasteiger partial charge in [0.25, 0.3) is 0 Å². The molecule has 2 aromatic heterocycles. The molecule has 0 bridgehead atoms. The Morgan fingerprint density at radius 1 is 1.22 bits per heavy atom. The van der Waals surface area contributed by atoms with Gasteiger partial charge in [0.15, 0.2) is 0 Å². The van der Waals surface area contributed by atoms with Crippen LogP contribution >= 0.6 is 11.6 Å². The number of carbonyl (C=O) groups excluding carboxylic acids is 1. The third kappa shape index (κ3) is 3.78. The van der Waals surface area contributed by atoms with E-state index in [2.05, 4.69) is 19.8 Å². The van der Waals surface area contributed by atoms with Gasteiger partial charge in [-0.3, -0.25) is 14.9 Å². The molecule has 6 nitrogen and oxygen atoms in total. The highest BCUT2D eigenvalue weighted by Crippen LogP contribution is 2.19. The molecule has 0 saturated carbocycles. The van der Waals surface area contributed by atoms with Crippen molar-refractivity contribution in [3.63, 3.8) is 0 Å². The highest BCUT2D eigenvalue weighted by atomic mass is 35.5. The Bertz CT molecular complexity index is 688. The molecule has 0 atom stereocenters. The number of aromatic carboxylic acids is 1. The lowest BCUT2D eigenvalue weighted by molar-refractivity contribution is -0.255. The second-order valence-corrected chi connectivity index (χ2v) is 5.82. The van der Waals surface area contributed by atoms with Gasteiger partial charge in [-0.1, -0.05) is 11.6 Å². The zero-order chi connectivity index (χ0) is 16.2. The monoisotopic (exact) mass is 331 g/mol. The molecular formula is C16H16ClN4O2-. The maximum absolute atomic E-state index is 10.8. The fraction of sp³-hybridized carbons (Fsp3) is 0.312. The number of nitrogens with zero attached hydrogens (tertiary/aromatic N) is 4. The number of piperazine rings is 1. The molecule has 0 spiro atoms. The summed E-state index contributed by atoms with van der Waals surface area (Å²) >= 11 is 6.12. The number of aromatic nitrogens is 2. The molecule has 1 aliphatic rings. The van der Waals surface area contributed by atoms with Crippen molar-refractivity contribution in [3.8, 4) is 0 Å². The SMILES string of the molecule is O=C([O-])c1cnc(CN2CCN(c3ccncc3)CC2)c(Cl)c1. The maximum atomic E-state index is 10.8. The third-order valence-electron chi connectivity index (χ3n) is 3.93. The highest BCUT2D eigenvalue weighted by molar-refractivity contribution is 6.31. The Morgan fingerprint density at radius 3 is 2.52 bits per heavy atom. The molecule has 120 valence electrons. The van der Waals surface area contributed by atoms with Crippen molar-refractivity contribution in [2.75, 3.05) is 31.1 Å². The molecule has 3 heterocycles. The average molecular weight is 332 g/mol. The van der Waals surface area contributed by atoms with Gasteiger partial charge in [0.1, 0.15) is 0 Å². The summed E-state index contributed by atoms with van der Waals surface area (Å²) in [5.74, 6) is -1.27. The van der Waals surface area contributed by atoms with Crippen molar-refractivity contribution >= 4 is 23.3 Å². The average Bonchev–Trinajstić information content (AvgIpc) is 2.58. The van der Waals surface area contributed by atoms with Crippen molar-refractivity contribution in [1.82, 2.24) is 14.9 Å². The topological polar surface area (TPSA) is 72.4 Å². The largest absolute Gasteiger partial charge is 0.545 e. The number of halogens is 1. The molecule has 2 aromatic rings. The van der Waals surface area contributed by atoms with Crippen LogP contribution in [-0.4, -0.2) is 47.0 Å². The fourth-order valence-electron chi connectivity index (χ4n) is 2.63. The van der Waals surface area contributed by atoms with Crippen molar-refractivity contribution in [2.45, 2.75) is 6.54 Å². The number of rotatable bonds is 4. The summed E-state index contributed by atoms with van der Waals surface area (Å²) in [6.45, 7) is 4.22. The van der Waals surface area contributed by atoms with E-state index >= 15 is 0 Å². The molecule has 0 aliphatic carbocycles. The van der Waals surface area contributed by atoms with Crippen LogP contribution in [0.15, 0.2) is 36.8 Å². The Morgan fingerprint density at radius 2 is 1.91 bits per heavy atom. The van der Waals surface area contributed by atoms with Crippen LogP contribution < -0.4 is 10.0 Å². The van der Waals surface area contributed by atoms with Crippen molar-refractivity contribution < 1.29 is 9.90 Å². The molecular weight excluding hydrogens is 316 g/mol. The van der Waals surface area contributed by atoms with Gasteiger partial charge in [-0.25, -0.2) is 0 Å². The number of carboxylic acid groups (broad SMARTS) is 1. The lowest BCUT2D eigenvalue weighted by atomic mass is 10.2. The number of pyridine rings is 2. The van der Waals surface area contributed by atoms with Crippen LogP contribution in [0.3, 0.4) is 0 Å². The minimum Gasteiger partial charge on any atom is -0.545 e. The predicted molar refractivity (Wildman–Crippen MR) is 85.3 cm³/mol. The van der Waals surface area contributed by atoms with Crippen LogP contribution in [0.4, 0.5) is 5.69 Å². The van der Waals surface area contributed by atoms with Gasteiger partial charge in [-0.05, 0) is 18.2 Å². The molecule has 0 N–H and O–H groups in total. The van der Waals surface area contributed by atoms with E-state index in [4.69, 9.17) is 11.6 Å². The Labute approximate surface area is 139 Å². The van der Waals surface area contributed by atoms with Crippen LogP contribution in [0.25, 0.3) is 0 Å². The molecule has 0 amide bonds. The summed E-state index contributed by atoms with van der Waals surface area (Å²) in [5.41, 5.74) is 1.87. The lowest BCUT2D eigenvalue weighted by Crippen LogP contribution is -2.46. The van der Waals surface area contributed by atoms with Crippen LogP contribution in [0.1, 0.15) is 16.1 Å². The summed E-state index contributed by atoms with van der Waals surface area (Å²) in [5, 5.41) is 11.2. The molecule has 1 aliphatic heterocycles. The van der Waals surface area contributed by atoms with Gasteiger partial charge in [-0.2, -0.15) is 0 Å². The van der Waals surface area contributed by atoms with Crippen molar-refractivity contribution in [1.29, 1.82) is 0 Å². The number of carboxylic acids is 1. The van der Waals surface area contributed by atoms with Gasteiger partial charge in [0.2, 0.25) is 0 Å². The Hall–Kier alpha value is -2.18. The molecule has 0 aromatic carbocycles. The number of anilines is 1. The van der Waals surface area contributed by atoms with E-state index in [9.17, 15) is 9.90 Å². The molecule has 7 heteroatoms. The van der Waals surface area contributed by atoms with E-state index in [1.54, 1.807) is 12.4 Å². The van der Waals surface area contributed by atoms with Crippen LogP contribution in [0, 0.1) is 0 Å². The molecule has 1 saturated heterocycles. The standard InChI is InChI=1S/C16H17ClN4O2/c17-14-9-12(16(22)23)10-19-15(14)11-20-5-7-21(8-6-20)13-1-3-18-4-2-13/h1-4,9-10H,5-8,11H2,(H,22,23)/p-1. The summed E-state index contributed by atoms with van der Waals surface area (Å²) in [6, 6.07) is 5.41. The molecule has 23 heavy (non-hydrogen) atoms. The van der Waals surface area contributed by atoms with E-state index < -0.39 is 5.97 Å². The van der Waals surface area contributed by atoms with Gasteiger partial charge in [0.05, 0.1) is 16.7 Å². The van der Waals surface area contributed by atoms with Crippen molar-refractivity contribution in [2.24, 2.45) is 0 Å². The van der Waals surface area contributed by atoms with Crippen LogP contribution in [-0.2, 0) is 6.54 Å². The van der Waals surface area contributed by atoms with E-state index in [0.717, 1.165) is 26.2 Å². The molecule has 1 fully saturated rings. The maximum Gasteiger partial charge on any atom is 0.0731 e. The molecule has 3 rings (SSSR count). The summed E-state index contributed by atoms with van der Waals surface area (Å²) < 4.78 is 0. The zero-order valence-corrected chi connectivity index (χ0v) is 13.2. The molecule has 0 unspecified atom stereocenters. The van der Waals surface area contributed by atoms with E-state index in [1.807, 2.05) is 12.1 Å². The van der Waals surface area contributed by atoms with E-state index in [1.165, 1.54) is 18.0 Å². The highest BCUT2D eigenvalue weighted by Gasteiger charge is 2.18. The Balaban J connectivity index is 1.60. The van der Waals surface area contributed by atoms with Crippen LogP contribution in [0.5, 0.6) is 0 Å². The zero-order valence-electron chi connectivity index (χ0n) is 12.5. The predicted octanol–water partition coefficient (Wildman–Crippen LogP) is 0.816. The fourth-order valence-corrected chi connectivity index (χ4v) is 2.85. The summed E-state index contributed by atoms with van der Waals surface area (Å²) in [4.78, 5) is 23.5. The first-order valence-electron chi connectivity index (χ1n) is 7.36. The van der Waals surface area contributed by atoms with Gasteiger partial charge in [-0.15, -0.1) is 0 Å². The second-order valence-electron chi connectivity index (χ2n) is 5.41. The minimum atomic E-state index is -1.27. The lowest BCUT2D eigenvalue weighted by Gasteiger charge is -2.36. The smallest absolute Gasteiger partial charge is 0.0731 e. The quantitative estimate of drug-likeness (QED) is 0.826. The first-order chi connectivity index (χ1) is 11.1. The number of carbonyl (C=O) groups is 1. The second kappa shape index (κ2) is 6.93. The number of hydrogen-bond acceptors (Lipinski definition) is 6. The van der Waals surface area contributed by atoms with E-state index in [0.29, 0.717) is 17.3 Å². The van der Waals surface area contributed by atoms with E-state index in [-0.39, 0.29) is 5.56 Å². The summed E-state index contributed by atoms with van der Waals surface area (Å²) in [6.07, 6.45) is 4.89. The van der Waals surface area contributed by atoms with Gasteiger partial charge in [0, 0.05) is 62.6 Å². The number of hydrogen-bond donors (Lipinski definition) is 0. The van der Waals surface area contributed by atoms with Gasteiger partial charge >= 0.3 is 0 Å². The first-order valence-corrected chi connectivity index (χ1v) is 7.74. The van der Waals surface area contributed by atoms with Crippen LogP contribution in [0.2, 0.25) is 5.02 Å². The summed E-state index contributed by atoms with van der Waals surface area (Å²) in [7, 11) is 0. The van der Waals surface area contributed by atoms with Crippen molar-refractivity contribution in [3.05, 3.63) is 53.1 Å². The third-order valence-corrected chi connectivity index (χ3v) is 4.25. The Kier molecular flexibility index (Phi) is 4.73.